The molecule has 5 nitrogen and oxygen atoms in total. The summed E-state index contributed by atoms with van der Waals surface area (Å²) in [6, 6.07) is 0. The summed E-state index contributed by atoms with van der Waals surface area (Å²) in [5.74, 6) is 0.419. The van der Waals surface area contributed by atoms with E-state index in [1.54, 1.807) is 6.92 Å². The number of carbonyl (C=O) groups is 1. The van der Waals surface area contributed by atoms with Crippen LogP contribution < -0.4 is 11.1 Å². The smallest absolute Gasteiger partial charge is 0.230 e. The molecule has 17 heavy (non-hydrogen) atoms. The maximum absolute atomic E-state index is 11.7. The maximum Gasteiger partial charge on any atom is 0.230 e. The van der Waals surface area contributed by atoms with Gasteiger partial charge in [-0.05, 0) is 13.3 Å². The van der Waals surface area contributed by atoms with Crippen molar-refractivity contribution in [2.45, 2.75) is 31.1 Å². The van der Waals surface area contributed by atoms with E-state index in [0.717, 1.165) is 0 Å². The van der Waals surface area contributed by atoms with Crippen LogP contribution in [0.1, 0.15) is 20.3 Å². The second kappa shape index (κ2) is 5.58. The van der Waals surface area contributed by atoms with E-state index in [9.17, 15) is 13.2 Å². The highest BCUT2D eigenvalue weighted by atomic mass is 32.2. The number of carbonyl (C=O) groups excluding carboxylic acids is 1. The molecule has 1 heterocycles. The molecule has 1 saturated heterocycles. The standard InChI is InChI=1S/C10H20N2O3S2/c1-8(5-11)16-6-9(13)12-10(2)3-4-17(14,15)7-10/h8H,3-7,11H2,1-2H3,(H,12,13). The minimum Gasteiger partial charge on any atom is -0.349 e. The van der Waals surface area contributed by atoms with Crippen molar-refractivity contribution in [2.75, 3.05) is 23.8 Å². The molecule has 0 aliphatic carbocycles. The molecule has 2 unspecified atom stereocenters. The van der Waals surface area contributed by atoms with Crippen LogP contribution in [0.25, 0.3) is 0 Å². The van der Waals surface area contributed by atoms with Gasteiger partial charge in [0.2, 0.25) is 5.91 Å². The van der Waals surface area contributed by atoms with Crippen molar-refractivity contribution in [3.05, 3.63) is 0 Å². The van der Waals surface area contributed by atoms with E-state index >= 15 is 0 Å². The molecule has 0 aromatic carbocycles. The summed E-state index contributed by atoms with van der Waals surface area (Å²) in [5.41, 5.74) is 4.86. The first-order valence-corrected chi connectivity index (χ1v) is 8.46. The number of hydrogen-bond donors (Lipinski definition) is 2. The monoisotopic (exact) mass is 280 g/mol. The van der Waals surface area contributed by atoms with Crippen LogP contribution >= 0.6 is 11.8 Å². The number of rotatable bonds is 5. The van der Waals surface area contributed by atoms with Gasteiger partial charge >= 0.3 is 0 Å². The Labute approximate surface area is 107 Å². The molecule has 0 bridgehead atoms. The number of nitrogens with two attached hydrogens (primary N) is 1. The van der Waals surface area contributed by atoms with Crippen LogP contribution in [0, 0.1) is 0 Å². The molecule has 0 saturated carbocycles. The Hall–Kier alpha value is -0.270. The van der Waals surface area contributed by atoms with Gasteiger partial charge in [-0.2, -0.15) is 0 Å². The average Bonchev–Trinajstić information content (AvgIpc) is 2.49. The third kappa shape index (κ3) is 4.85. The van der Waals surface area contributed by atoms with Crippen LogP contribution in [-0.4, -0.2) is 48.9 Å². The van der Waals surface area contributed by atoms with Crippen molar-refractivity contribution in [1.82, 2.24) is 5.32 Å². The predicted molar refractivity (Wildman–Crippen MR) is 70.8 cm³/mol. The largest absolute Gasteiger partial charge is 0.349 e. The van der Waals surface area contributed by atoms with Crippen LogP contribution in [-0.2, 0) is 14.6 Å². The van der Waals surface area contributed by atoms with Crippen LogP contribution in [0.3, 0.4) is 0 Å². The van der Waals surface area contributed by atoms with E-state index in [2.05, 4.69) is 5.32 Å². The van der Waals surface area contributed by atoms with E-state index in [0.29, 0.717) is 18.7 Å². The van der Waals surface area contributed by atoms with Gasteiger partial charge in [0.25, 0.3) is 0 Å². The normalized spacial score (nSPS) is 28.9. The first-order valence-electron chi connectivity index (χ1n) is 5.59. The van der Waals surface area contributed by atoms with E-state index in [1.807, 2.05) is 6.92 Å². The summed E-state index contributed by atoms with van der Waals surface area (Å²) in [5, 5.41) is 3.05. The fourth-order valence-corrected chi connectivity index (χ4v) is 4.50. The fraction of sp³-hybridized carbons (Fsp3) is 0.900. The molecule has 1 fully saturated rings. The maximum atomic E-state index is 11.7. The van der Waals surface area contributed by atoms with E-state index in [-0.39, 0.29) is 22.7 Å². The van der Waals surface area contributed by atoms with Gasteiger partial charge in [-0.25, -0.2) is 8.42 Å². The zero-order valence-corrected chi connectivity index (χ0v) is 11.9. The van der Waals surface area contributed by atoms with Crippen LogP contribution in [0.2, 0.25) is 0 Å². The molecular formula is C10H20N2O3S2. The van der Waals surface area contributed by atoms with Gasteiger partial charge in [0, 0.05) is 11.8 Å². The molecule has 1 amide bonds. The highest BCUT2D eigenvalue weighted by molar-refractivity contribution is 8.00. The topological polar surface area (TPSA) is 89.3 Å². The third-order valence-electron chi connectivity index (χ3n) is 2.78. The zero-order chi connectivity index (χ0) is 13.1. The zero-order valence-electron chi connectivity index (χ0n) is 10.2. The van der Waals surface area contributed by atoms with Gasteiger partial charge in [-0.1, -0.05) is 6.92 Å². The van der Waals surface area contributed by atoms with Crippen molar-refractivity contribution in [3.8, 4) is 0 Å². The second-order valence-corrected chi connectivity index (χ2v) is 8.42. The van der Waals surface area contributed by atoms with Crippen LogP contribution in [0.4, 0.5) is 0 Å². The lowest BCUT2D eigenvalue weighted by Gasteiger charge is -2.24. The molecule has 1 aliphatic heterocycles. The second-order valence-electron chi connectivity index (χ2n) is 4.81. The Kier molecular flexibility index (Phi) is 4.86. The van der Waals surface area contributed by atoms with E-state index in [4.69, 9.17) is 5.73 Å². The van der Waals surface area contributed by atoms with Crippen LogP contribution in [0.5, 0.6) is 0 Å². The Morgan fingerprint density at radius 1 is 1.59 bits per heavy atom. The summed E-state index contributed by atoms with van der Waals surface area (Å²) in [6.07, 6.45) is 0.498. The van der Waals surface area contributed by atoms with E-state index in [1.165, 1.54) is 11.8 Å². The van der Waals surface area contributed by atoms with Gasteiger partial charge in [0.1, 0.15) is 0 Å². The number of nitrogens with one attached hydrogen (secondary N) is 1. The van der Waals surface area contributed by atoms with Gasteiger partial charge in [-0.15, -0.1) is 11.8 Å². The first kappa shape index (κ1) is 14.8. The molecule has 3 N–H and O–H groups in total. The quantitative estimate of drug-likeness (QED) is 0.725. The Morgan fingerprint density at radius 2 is 2.24 bits per heavy atom. The molecule has 0 radical (unpaired) electrons. The molecule has 1 rings (SSSR count). The summed E-state index contributed by atoms with van der Waals surface area (Å²) in [4.78, 5) is 11.7. The summed E-state index contributed by atoms with van der Waals surface area (Å²) in [7, 11) is -2.98. The van der Waals surface area contributed by atoms with Crippen molar-refractivity contribution < 1.29 is 13.2 Å². The van der Waals surface area contributed by atoms with Gasteiger partial charge < -0.3 is 11.1 Å². The summed E-state index contributed by atoms with van der Waals surface area (Å²) < 4.78 is 22.7. The molecule has 100 valence electrons. The molecular weight excluding hydrogens is 260 g/mol. The highest BCUT2D eigenvalue weighted by Crippen LogP contribution is 2.23. The third-order valence-corrected chi connectivity index (χ3v) is 5.87. The van der Waals surface area contributed by atoms with Crippen molar-refractivity contribution in [2.24, 2.45) is 5.73 Å². The number of amides is 1. The van der Waals surface area contributed by atoms with Crippen molar-refractivity contribution in [1.29, 1.82) is 0 Å². The van der Waals surface area contributed by atoms with Gasteiger partial charge in [0.15, 0.2) is 9.84 Å². The predicted octanol–water partition coefficient (Wildman–Crippen LogP) is -0.240. The minimum atomic E-state index is -2.98. The Bertz CT molecular complexity index is 383. The molecule has 2 atom stereocenters. The molecule has 0 spiro atoms. The van der Waals surface area contributed by atoms with E-state index < -0.39 is 15.4 Å². The molecule has 7 heteroatoms. The Balaban J connectivity index is 2.41. The van der Waals surface area contributed by atoms with Gasteiger partial charge in [0.05, 0.1) is 22.8 Å². The average molecular weight is 280 g/mol. The molecule has 0 aromatic rings. The number of thioether (sulfide) groups is 1. The lowest BCUT2D eigenvalue weighted by atomic mass is 10.0. The SMILES string of the molecule is CC(CN)SCC(=O)NC1(C)CCS(=O)(=O)C1. The molecule has 1 aliphatic rings. The van der Waals surface area contributed by atoms with Crippen molar-refractivity contribution >= 4 is 27.5 Å². The minimum absolute atomic E-state index is 0.0445. The summed E-state index contributed by atoms with van der Waals surface area (Å²) in [6.45, 7) is 4.27. The lowest BCUT2D eigenvalue weighted by Crippen LogP contribution is -2.47. The lowest BCUT2D eigenvalue weighted by molar-refractivity contribution is -0.120. The first-order chi connectivity index (χ1) is 7.76. The van der Waals surface area contributed by atoms with Crippen molar-refractivity contribution in [3.63, 3.8) is 0 Å². The fourth-order valence-electron chi connectivity index (χ4n) is 1.77. The highest BCUT2D eigenvalue weighted by Gasteiger charge is 2.39. The van der Waals surface area contributed by atoms with Gasteiger partial charge in [-0.3, -0.25) is 4.79 Å². The number of hydrogen-bond acceptors (Lipinski definition) is 5. The Morgan fingerprint density at radius 3 is 2.71 bits per heavy atom. The number of sulfone groups is 1. The van der Waals surface area contributed by atoms with Crippen LogP contribution in [0.15, 0.2) is 0 Å². The summed E-state index contributed by atoms with van der Waals surface area (Å²) >= 11 is 1.48. The molecule has 0 aromatic heterocycles.